The number of alkyl halides is 1. The summed E-state index contributed by atoms with van der Waals surface area (Å²) in [6, 6.07) is 6.41. The van der Waals surface area contributed by atoms with E-state index in [9.17, 15) is 0 Å². The van der Waals surface area contributed by atoms with Gasteiger partial charge in [-0.2, -0.15) is 0 Å². The molecule has 0 aliphatic heterocycles. The van der Waals surface area contributed by atoms with Crippen LogP contribution >= 0.6 is 34.5 Å². The molecule has 2 heterocycles. The van der Waals surface area contributed by atoms with E-state index in [1.165, 1.54) is 4.88 Å². The van der Waals surface area contributed by atoms with Crippen molar-refractivity contribution in [3.63, 3.8) is 0 Å². The highest BCUT2D eigenvalue weighted by molar-refractivity contribution is 7.10. The Hall–Kier alpha value is -0.770. The van der Waals surface area contributed by atoms with Crippen LogP contribution < -0.4 is 4.90 Å². The summed E-state index contributed by atoms with van der Waals surface area (Å²) < 4.78 is 0. The molecule has 96 valence electrons. The second kappa shape index (κ2) is 5.91. The molecule has 0 aliphatic rings. The molecule has 0 aliphatic carbocycles. The maximum Gasteiger partial charge on any atom is 0.129 e. The van der Waals surface area contributed by atoms with Crippen molar-refractivity contribution >= 4 is 40.4 Å². The minimum Gasteiger partial charge on any atom is -0.352 e. The van der Waals surface area contributed by atoms with E-state index in [2.05, 4.69) is 34.3 Å². The molecule has 0 N–H and O–H groups in total. The van der Waals surface area contributed by atoms with Gasteiger partial charge in [0.05, 0.1) is 11.1 Å². The maximum absolute atomic E-state index is 6.02. The van der Waals surface area contributed by atoms with Crippen LogP contribution in [0.3, 0.4) is 0 Å². The van der Waals surface area contributed by atoms with Gasteiger partial charge in [0.2, 0.25) is 0 Å². The second-order valence-electron chi connectivity index (χ2n) is 4.07. The minimum absolute atomic E-state index is 0.279. The van der Waals surface area contributed by atoms with Crippen LogP contribution in [0.4, 0.5) is 5.82 Å². The van der Waals surface area contributed by atoms with Crippen molar-refractivity contribution in [3.05, 3.63) is 45.2 Å². The Kier molecular flexibility index (Phi) is 4.49. The molecule has 0 amide bonds. The molecule has 0 aromatic carbocycles. The Balaban J connectivity index is 2.25. The highest BCUT2D eigenvalue weighted by atomic mass is 35.5. The summed E-state index contributed by atoms with van der Waals surface area (Å²) in [5, 5.41) is 2.70. The molecule has 0 saturated heterocycles. The van der Waals surface area contributed by atoms with E-state index in [-0.39, 0.29) is 6.04 Å². The fraction of sp³-hybridized carbons (Fsp3) is 0.308. The molecule has 0 fully saturated rings. The van der Waals surface area contributed by atoms with Crippen molar-refractivity contribution in [2.24, 2.45) is 0 Å². The average molecular weight is 301 g/mol. The van der Waals surface area contributed by atoms with Gasteiger partial charge in [0.1, 0.15) is 5.82 Å². The average Bonchev–Trinajstić information content (AvgIpc) is 2.91. The Morgan fingerprint density at radius 3 is 2.89 bits per heavy atom. The van der Waals surface area contributed by atoms with Gasteiger partial charge in [0, 0.05) is 24.0 Å². The second-order valence-corrected chi connectivity index (χ2v) is 5.72. The van der Waals surface area contributed by atoms with E-state index in [4.69, 9.17) is 23.2 Å². The molecule has 2 rings (SSSR count). The van der Waals surface area contributed by atoms with Gasteiger partial charge in [-0.3, -0.25) is 0 Å². The van der Waals surface area contributed by atoms with Gasteiger partial charge in [-0.1, -0.05) is 17.7 Å². The quantitative estimate of drug-likeness (QED) is 0.759. The van der Waals surface area contributed by atoms with E-state index >= 15 is 0 Å². The monoisotopic (exact) mass is 300 g/mol. The molecule has 1 unspecified atom stereocenters. The number of halogens is 2. The fourth-order valence-electron chi connectivity index (χ4n) is 1.68. The Morgan fingerprint density at radius 1 is 1.50 bits per heavy atom. The number of aromatic nitrogens is 1. The van der Waals surface area contributed by atoms with Crippen LogP contribution in [0.25, 0.3) is 0 Å². The molecule has 2 nitrogen and oxygen atoms in total. The Labute approximate surface area is 121 Å². The molecular formula is C13H14Cl2N2S. The third-order valence-electron chi connectivity index (χ3n) is 2.96. The standard InChI is InChI=1S/C13H14Cl2N2S/c1-9(12-4-3-5-18-12)17(2)13-6-10(7-14)11(15)8-16-13/h3-6,8-9H,7H2,1-2H3. The first-order valence-electron chi connectivity index (χ1n) is 5.60. The lowest BCUT2D eigenvalue weighted by Crippen LogP contribution is -2.22. The zero-order valence-electron chi connectivity index (χ0n) is 10.2. The van der Waals surface area contributed by atoms with E-state index in [0.29, 0.717) is 10.9 Å². The van der Waals surface area contributed by atoms with Crippen molar-refractivity contribution in [2.75, 3.05) is 11.9 Å². The number of anilines is 1. The minimum atomic E-state index is 0.279. The first kappa shape index (κ1) is 13.7. The Bertz CT molecular complexity index is 514. The number of hydrogen-bond acceptors (Lipinski definition) is 3. The summed E-state index contributed by atoms with van der Waals surface area (Å²) in [5.74, 6) is 1.28. The first-order valence-corrected chi connectivity index (χ1v) is 7.39. The summed E-state index contributed by atoms with van der Waals surface area (Å²) in [7, 11) is 2.03. The van der Waals surface area contributed by atoms with Gasteiger partial charge in [0.25, 0.3) is 0 Å². The number of thiophene rings is 1. The zero-order chi connectivity index (χ0) is 13.1. The number of nitrogens with zero attached hydrogens (tertiary/aromatic N) is 2. The molecule has 0 saturated carbocycles. The van der Waals surface area contributed by atoms with Crippen LogP contribution in [0.5, 0.6) is 0 Å². The SMILES string of the molecule is CC(c1cccs1)N(C)c1cc(CCl)c(Cl)cn1. The van der Waals surface area contributed by atoms with Crippen LogP contribution in [0.15, 0.2) is 29.8 Å². The van der Waals surface area contributed by atoms with Gasteiger partial charge in [-0.25, -0.2) is 4.98 Å². The third-order valence-corrected chi connectivity index (χ3v) is 4.63. The van der Waals surface area contributed by atoms with E-state index in [1.807, 2.05) is 13.1 Å². The lowest BCUT2D eigenvalue weighted by molar-refractivity contribution is 0.741. The molecule has 0 spiro atoms. The van der Waals surface area contributed by atoms with Gasteiger partial charge < -0.3 is 4.90 Å². The van der Waals surface area contributed by atoms with Crippen LogP contribution in [0.1, 0.15) is 23.4 Å². The number of rotatable bonds is 4. The van der Waals surface area contributed by atoms with Crippen molar-refractivity contribution in [1.29, 1.82) is 0 Å². The molecule has 2 aromatic rings. The molecule has 1 atom stereocenters. The molecule has 5 heteroatoms. The van der Waals surface area contributed by atoms with E-state index < -0.39 is 0 Å². The zero-order valence-corrected chi connectivity index (χ0v) is 12.6. The van der Waals surface area contributed by atoms with Crippen LogP contribution in [-0.2, 0) is 5.88 Å². The predicted molar refractivity (Wildman–Crippen MR) is 79.9 cm³/mol. The van der Waals surface area contributed by atoms with E-state index in [1.54, 1.807) is 17.5 Å². The summed E-state index contributed by atoms with van der Waals surface area (Å²) in [6.45, 7) is 2.16. The normalized spacial score (nSPS) is 12.4. The van der Waals surface area contributed by atoms with Gasteiger partial charge in [-0.15, -0.1) is 22.9 Å². The van der Waals surface area contributed by atoms with Crippen LogP contribution in [0, 0.1) is 0 Å². The third kappa shape index (κ3) is 2.79. The molecule has 0 bridgehead atoms. The highest BCUT2D eigenvalue weighted by Gasteiger charge is 2.15. The fourth-order valence-corrected chi connectivity index (χ4v) is 2.97. The summed E-state index contributed by atoms with van der Waals surface area (Å²) in [6.07, 6.45) is 1.66. The Morgan fingerprint density at radius 2 is 2.28 bits per heavy atom. The summed E-state index contributed by atoms with van der Waals surface area (Å²) in [4.78, 5) is 7.79. The van der Waals surface area contributed by atoms with Crippen LogP contribution in [-0.4, -0.2) is 12.0 Å². The highest BCUT2D eigenvalue weighted by Crippen LogP contribution is 2.29. The van der Waals surface area contributed by atoms with Crippen molar-refractivity contribution < 1.29 is 0 Å². The molecule has 2 aromatic heterocycles. The van der Waals surface area contributed by atoms with Crippen molar-refractivity contribution in [2.45, 2.75) is 18.8 Å². The summed E-state index contributed by atoms with van der Waals surface area (Å²) in [5.41, 5.74) is 0.911. The predicted octanol–water partition coefficient (Wildman–Crippen LogP) is 4.73. The molecular weight excluding hydrogens is 287 g/mol. The molecule has 0 radical (unpaired) electrons. The van der Waals surface area contributed by atoms with Crippen LogP contribution in [0.2, 0.25) is 5.02 Å². The number of pyridine rings is 1. The van der Waals surface area contributed by atoms with Crippen molar-refractivity contribution in [3.8, 4) is 0 Å². The lowest BCUT2D eigenvalue weighted by Gasteiger charge is -2.25. The smallest absolute Gasteiger partial charge is 0.129 e. The first-order chi connectivity index (χ1) is 8.63. The topological polar surface area (TPSA) is 16.1 Å². The van der Waals surface area contributed by atoms with Gasteiger partial charge in [-0.05, 0) is 30.0 Å². The largest absolute Gasteiger partial charge is 0.352 e. The molecule has 18 heavy (non-hydrogen) atoms. The van der Waals surface area contributed by atoms with Gasteiger partial charge >= 0.3 is 0 Å². The summed E-state index contributed by atoms with van der Waals surface area (Å²) >= 11 is 13.6. The maximum atomic E-state index is 6.02. The van der Waals surface area contributed by atoms with Gasteiger partial charge in [0.15, 0.2) is 0 Å². The number of hydrogen-bond donors (Lipinski definition) is 0. The van der Waals surface area contributed by atoms with E-state index in [0.717, 1.165) is 11.4 Å². The lowest BCUT2D eigenvalue weighted by atomic mass is 10.2. The van der Waals surface area contributed by atoms with Crippen molar-refractivity contribution in [1.82, 2.24) is 4.98 Å².